The van der Waals surface area contributed by atoms with Crippen LogP contribution in [0.1, 0.15) is 47.4 Å². The molecular formula is C39H32N6O6S. The fraction of sp³-hybridized carbons (Fsp3) is 0.205. The number of hydrogen-bond donors (Lipinski definition) is 1. The van der Waals surface area contributed by atoms with E-state index in [1.165, 1.54) is 6.07 Å². The molecule has 0 saturated carbocycles. The molecule has 5 aromatic rings. The van der Waals surface area contributed by atoms with Gasteiger partial charge in [-0.1, -0.05) is 42.5 Å². The zero-order chi connectivity index (χ0) is 36.3. The van der Waals surface area contributed by atoms with Crippen LogP contribution in [0.4, 0.5) is 11.4 Å². The van der Waals surface area contributed by atoms with E-state index in [9.17, 15) is 24.0 Å². The van der Waals surface area contributed by atoms with Gasteiger partial charge in [0.2, 0.25) is 11.8 Å². The second-order valence-corrected chi connectivity index (χ2v) is 13.7. The summed E-state index contributed by atoms with van der Waals surface area (Å²) in [6, 6.07) is 27.1. The molecular weight excluding hydrogens is 681 g/mol. The average Bonchev–Trinajstić information content (AvgIpc) is 3.72. The Morgan fingerprint density at radius 1 is 0.865 bits per heavy atom. The minimum Gasteiger partial charge on any atom is -0.491 e. The van der Waals surface area contributed by atoms with Crippen molar-refractivity contribution in [3.05, 3.63) is 108 Å². The summed E-state index contributed by atoms with van der Waals surface area (Å²) in [6.45, 7) is 4.35. The minimum absolute atomic E-state index is 0.0455. The van der Waals surface area contributed by atoms with Gasteiger partial charge in [-0.25, -0.2) is 4.98 Å². The number of nitrogens with zero attached hydrogens (tertiary/aromatic N) is 5. The Morgan fingerprint density at radius 2 is 1.62 bits per heavy atom. The third kappa shape index (κ3) is 5.32. The molecule has 13 heteroatoms. The summed E-state index contributed by atoms with van der Waals surface area (Å²) in [5.74, 6) is -2.14. The van der Waals surface area contributed by atoms with Gasteiger partial charge in [-0.2, -0.15) is 0 Å². The highest BCUT2D eigenvalue weighted by Gasteiger charge is 2.50. The van der Waals surface area contributed by atoms with E-state index in [1.807, 2.05) is 96.1 Å². The molecule has 3 aliphatic rings. The van der Waals surface area contributed by atoms with Gasteiger partial charge in [0.15, 0.2) is 5.11 Å². The number of rotatable bonds is 8. The second kappa shape index (κ2) is 12.5. The van der Waals surface area contributed by atoms with Crippen molar-refractivity contribution < 1.29 is 28.7 Å². The van der Waals surface area contributed by atoms with Crippen molar-refractivity contribution >= 4 is 69.3 Å². The largest absolute Gasteiger partial charge is 0.491 e. The lowest BCUT2D eigenvalue weighted by atomic mass is 10.0. The van der Waals surface area contributed by atoms with E-state index in [-0.39, 0.29) is 42.2 Å². The Hall–Kier alpha value is -6.21. The number of para-hydroxylation sites is 1. The van der Waals surface area contributed by atoms with E-state index in [4.69, 9.17) is 17.0 Å². The number of piperidine rings is 1. The number of ether oxygens (including phenoxy) is 1. The first kappa shape index (κ1) is 33.0. The second-order valence-electron chi connectivity index (χ2n) is 13.3. The first-order valence-corrected chi connectivity index (χ1v) is 17.2. The molecule has 260 valence electrons. The maximum absolute atomic E-state index is 13.5. The predicted molar refractivity (Wildman–Crippen MR) is 197 cm³/mol. The number of aromatic nitrogens is 2. The zero-order valence-electron chi connectivity index (χ0n) is 28.2. The molecule has 4 aromatic carbocycles. The SMILES string of the molecule is CC1(C)C(=O)N(c2ccccc2)C(=S)N1c1ccc(-c2ccc3c(c2)ncn3CCOc2cccc3c2C(=O)N(C2CCC(=O)NC2=O)C3=O)cc1. The first-order chi connectivity index (χ1) is 25.0. The fourth-order valence-electron chi connectivity index (χ4n) is 7.12. The highest BCUT2D eigenvalue weighted by atomic mass is 32.1. The molecule has 0 spiro atoms. The summed E-state index contributed by atoms with van der Waals surface area (Å²) >= 11 is 5.82. The Labute approximate surface area is 303 Å². The molecule has 5 amide bonds. The van der Waals surface area contributed by atoms with Crippen LogP contribution in [0.2, 0.25) is 0 Å². The number of anilines is 2. The smallest absolute Gasteiger partial charge is 0.266 e. The van der Waals surface area contributed by atoms with E-state index in [0.717, 1.165) is 38.4 Å². The number of imide groups is 2. The Kier molecular flexibility index (Phi) is 7.94. The van der Waals surface area contributed by atoms with Gasteiger partial charge < -0.3 is 14.2 Å². The highest BCUT2D eigenvalue weighted by Crippen LogP contribution is 2.38. The molecule has 0 bridgehead atoms. The van der Waals surface area contributed by atoms with Crippen molar-refractivity contribution in [2.24, 2.45) is 0 Å². The number of fused-ring (bicyclic) bond motifs is 2. The Bertz CT molecular complexity index is 2340. The molecule has 1 aromatic heterocycles. The molecule has 1 atom stereocenters. The maximum Gasteiger partial charge on any atom is 0.266 e. The number of hydrogen-bond acceptors (Lipinski definition) is 8. The standard InChI is InChI=1S/C39H32N6O6S/c1-39(2)37(50)43(25-7-4-3-5-8-25)38(52)45(39)26-14-11-23(12-15-26)24-13-16-29-28(21-24)40-22-42(29)19-20-51-31-10-6-9-27-33(31)36(49)44(35(27)48)30-17-18-32(46)41-34(30)47/h3-16,21-22,30H,17-20H2,1-2H3,(H,41,46,47). The number of benzene rings is 4. The van der Waals surface area contributed by atoms with Crippen molar-refractivity contribution in [3.63, 3.8) is 0 Å². The van der Waals surface area contributed by atoms with Gasteiger partial charge in [-0.3, -0.25) is 39.1 Å². The van der Waals surface area contributed by atoms with Gasteiger partial charge in [-0.15, -0.1) is 0 Å². The number of thiocarbonyl (C=S) groups is 1. The number of carbonyl (C=O) groups excluding carboxylic acids is 5. The molecule has 4 heterocycles. The molecule has 3 aliphatic heterocycles. The van der Waals surface area contributed by atoms with Gasteiger partial charge in [0, 0.05) is 12.1 Å². The molecule has 8 rings (SSSR count). The van der Waals surface area contributed by atoms with Gasteiger partial charge in [-0.05, 0) is 92.1 Å². The number of amides is 5. The molecule has 2 saturated heterocycles. The van der Waals surface area contributed by atoms with Crippen LogP contribution in [0.3, 0.4) is 0 Å². The molecule has 52 heavy (non-hydrogen) atoms. The quantitative estimate of drug-likeness (QED) is 0.172. The molecule has 0 radical (unpaired) electrons. The van der Waals surface area contributed by atoms with Gasteiger partial charge in [0.05, 0.1) is 40.7 Å². The van der Waals surface area contributed by atoms with Crippen LogP contribution in [0, 0.1) is 0 Å². The van der Waals surface area contributed by atoms with E-state index >= 15 is 0 Å². The Morgan fingerprint density at radius 3 is 2.37 bits per heavy atom. The Balaban J connectivity index is 0.955. The van der Waals surface area contributed by atoms with E-state index in [2.05, 4.69) is 10.3 Å². The predicted octanol–water partition coefficient (Wildman–Crippen LogP) is 5.10. The van der Waals surface area contributed by atoms with Crippen LogP contribution >= 0.6 is 12.2 Å². The number of carbonyl (C=O) groups is 5. The fourth-order valence-corrected chi connectivity index (χ4v) is 7.64. The van der Waals surface area contributed by atoms with Crippen LogP contribution in [0.5, 0.6) is 5.75 Å². The highest BCUT2D eigenvalue weighted by molar-refractivity contribution is 7.81. The van der Waals surface area contributed by atoms with E-state index in [1.54, 1.807) is 23.4 Å². The third-order valence-corrected chi connectivity index (χ3v) is 10.1. The lowest BCUT2D eigenvalue weighted by Crippen LogP contribution is -2.54. The van der Waals surface area contributed by atoms with Crippen molar-refractivity contribution in [1.82, 2.24) is 19.8 Å². The number of nitrogens with one attached hydrogen (secondary N) is 1. The normalized spacial score (nSPS) is 18.4. The third-order valence-electron chi connectivity index (χ3n) is 9.78. The summed E-state index contributed by atoms with van der Waals surface area (Å²) < 4.78 is 7.98. The molecule has 12 nitrogen and oxygen atoms in total. The van der Waals surface area contributed by atoms with Crippen LogP contribution < -0.4 is 19.9 Å². The van der Waals surface area contributed by atoms with Gasteiger partial charge in [0.25, 0.3) is 17.7 Å². The van der Waals surface area contributed by atoms with Crippen molar-refractivity contribution in [2.45, 2.75) is 44.8 Å². The molecule has 1 N–H and O–H groups in total. The monoisotopic (exact) mass is 712 g/mol. The molecule has 2 fully saturated rings. The first-order valence-electron chi connectivity index (χ1n) is 16.8. The van der Waals surface area contributed by atoms with Gasteiger partial charge >= 0.3 is 0 Å². The van der Waals surface area contributed by atoms with Crippen LogP contribution in [-0.2, 0) is 20.9 Å². The van der Waals surface area contributed by atoms with E-state index < -0.39 is 35.2 Å². The molecule has 0 aliphatic carbocycles. The van der Waals surface area contributed by atoms with Crippen LogP contribution in [0.25, 0.3) is 22.2 Å². The number of imidazole rings is 1. The summed E-state index contributed by atoms with van der Waals surface area (Å²) in [6.07, 6.45) is 1.85. The van der Waals surface area contributed by atoms with Crippen molar-refractivity contribution in [1.29, 1.82) is 0 Å². The maximum atomic E-state index is 13.5. The van der Waals surface area contributed by atoms with Gasteiger partial charge in [0.1, 0.15) is 23.9 Å². The van der Waals surface area contributed by atoms with Crippen molar-refractivity contribution in [3.8, 4) is 16.9 Å². The lowest BCUT2D eigenvalue weighted by Gasteiger charge is -2.29. The summed E-state index contributed by atoms with van der Waals surface area (Å²) in [4.78, 5) is 73.1. The molecule has 1 unspecified atom stereocenters. The average molecular weight is 713 g/mol. The van der Waals surface area contributed by atoms with Crippen LogP contribution in [-0.4, -0.2) is 67.3 Å². The topological polar surface area (TPSA) is 134 Å². The summed E-state index contributed by atoms with van der Waals surface area (Å²) in [5, 5.41) is 2.64. The summed E-state index contributed by atoms with van der Waals surface area (Å²) in [5.41, 5.74) is 4.57. The zero-order valence-corrected chi connectivity index (χ0v) is 29.1. The minimum atomic E-state index is -1.05. The summed E-state index contributed by atoms with van der Waals surface area (Å²) in [7, 11) is 0. The van der Waals surface area contributed by atoms with E-state index in [0.29, 0.717) is 11.7 Å². The van der Waals surface area contributed by atoms with Crippen LogP contribution in [0.15, 0.2) is 97.3 Å². The van der Waals surface area contributed by atoms with Crippen molar-refractivity contribution in [2.75, 3.05) is 16.4 Å². The lowest BCUT2D eigenvalue weighted by molar-refractivity contribution is -0.136.